The number of rotatable bonds is 1. The smallest absolute Gasteiger partial charge is 0.0365 e. The molecule has 0 N–H and O–H groups in total. The summed E-state index contributed by atoms with van der Waals surface area (Å²) >= 11 is 0. The lowest BCUT2D eigenvalue weighted by Crippen LogP contribution is -2.25. The van der Waals surface area contributed by atoms with Crippen LogP contribution in [0.4, 0.5) is 0 Å². The van der Waals surface area contributed by atoms with Crippen LogP contribution in [0.3, 0.4) is 0 Å². The molecule has 0 aromatic rings. The Morgan fingerprint density at radius 3 is 2.23 bits per heavy atom. The number of allylic oxidation sites excluding steroid dienone is 3. The minimum Gasteiger partial charge on any atom is -0.346 e. The van der Waals surface area contributed by atoms with Crippen molar-refractivity contribution in [2.75, 3.05) is 0 Å². The van der Waals surface area contributed by atoms with Crippen molar-refractivity contribution in [2.24, 2.45) is 0 Å². The molecule has 0 saturated heterocycles. The van der Waals surface area contributed by atoms with E-state index < -0.39 is 0 Å². The fraction of sp³-hybridized carbons (Fsp3) is 0.500. The Hall–Kier alpha value is -0.980. The summed E-state index contributed by atoms with van der Waals surface area (Å²) in [6.07, 6.45) is 6.21. The van der Waals surface area contributed by atoms with Gasteiger partial charge in [0.2, 0.25) is 0 Å². The zero-order chi connectivity index (χ0) is 10.4. The summed E-state index contributed by atoms with van der Waals surface area (Å²) in [4.78, 5) is 2.18. The Balaban J connectivity index is 0.000000671. The van der Waals surface area contributed by atoms with E-state index in [2.05, 4.69) is 50.6 Å². The van der Waals surface area contributed by atoms with Crippen LogP contribution in [0, 0.1) is 0 Å². The van der Waals surface area contributed by atoms with Gasteiger partial charge in [0.1, 0.15) is 0 Å². The number of nitrogens with zero attached hydrogens (tertiary/aromatic N) is 1. The van der Waals surface area contributed by atoms with Gasteiger partial charge < -0.3 is 4.90 Å². The molecule has 0 aromatic carbocycles. The van der Waals surface area contributed by atoms with Crippen molar-refractivity contribution in [1.29, 1.82) is 0 Å². The molecule has 13 heavy (non-hydrogen) atoms. The topological polar surface area (TPSA) is 3.24 Å². The standard InChI is InChI=1S/C10H15N.C2H6/c1-8(2)11-7-5-6-9(3)10(11)4;1-2/h5-8H,4H2,1-3H3;1-2H3. The second-order valence-corrected chi connectivity index (χ2v) is 3.14. The van der Waals surface area contributed by atoms with E-state index in [9.17, 15) is 0 Å². The number of hydrogen-bond acceptors (Lipinski definition) is 1. The first kappa shape index (κ1) is 12.0. The molecule has 0 spiro atoms. The molecule has 0 unspecified atom stereocenters. The summed E-state index contributed by atoms with van der Waals surface area (Å²) in [5.41, 5.74) is 2.36. The van der Waals surface area contributed by atoms with Gasteiger partial charge in [-0.15, -0.1) is 0 Å². The van der Waals surface area contributed by atoms with E-state index in [1.165, 1.54) is 5.57 Å². The lowest BCUT2D eigenvalue weighted by Gasteiger charge is -2.29. The average Bonchev–Trinajstić information content (AvgIpc) is 2.13. The minimum absolute atomic E-state index is 0.502. The fourth-order valence-electron chi connectivity index (χ4n) is 1.15. The summed E-state index contributed by atoms with van der Waals surface area (Å²) in [5, 5.41) is 0. The monoisotopic (exact) mass is 179 g/mol. The largest absolute Gasteiger partial charge is 0.346 e. The third-order valence-corrected chi connectivity index (χ3v) is 1.92. The molecular formula is C12H21N. The molecule has 0 atom stereocenters. The Morgan fingerprint density at radius 2 is 1.85 bits per heavy atom. The van der Waals surface area contributed by atoms with Gasteiger partial charge in [0, 0.05) is 17.9 Å². The summed E-state index contributed by atoms with van der Waals surface area (Å²) in [7, 11) is 0. The zero-order valence-electron chi connectivity index (χ0n) is 9.46. The summed E-state index contributed by atoms with van der Waals surface area (Å²) < 4.78 is 0. The predicted molar refractivity (Wildman–Crippen MR) is 60.4 cm³/mol. The van der Waals surface area contributed by atoms with Gasteiger partial charge >= 0.3 is 0 Å². The Kier molecular flexibility index (Phi) is 5.20. The maximum absolute atomic E-state index is 4.00. The van der Waals surface area contributed by atoms with Crippen molar-refractivity contribution in [1.82, 2.24) is 4.90 Å². The van der Waals surface area contributed by atoms with E-state index in [1.807, 2.05) is 13.8 Å². The van der Waals surface area contributed by atoms with Crippen molar-refractivity contribution >= 4 is 0 Å². The van der Waals surface area contributed by atoms with Crippen LogP contribution in [0.25, 0.3) is 0 Å². The molecular weight excluding hydrogens is 158 g/mol. The van der Waals surface area contributed by atoms with Crippen molar-refractivity contribution in [3.05, 3.63) is 36.2 Å². The van der Waals surface area contributed by atoms with E-state index in [1.54, 1.807) is 0 Å². The highest BCUT2D eigenvalue weighted by molar-refractivity contribution is 5.34. The average molecular weight is 179 g/mol. The molecule has 74 valence electrons. The quantitative estimate of drug-likeness (QED) is 0.593. The van der Waals surface area contributed by atoms with E-state index in [0.717, 1.165) is 5.70 Å². The first-order valence-corrected chi connectivity index (χ1v) is 4.95. The van der Waals surface area contributed by atoms with Crippen LogP contribution in [0.15, 0.2) is 36.2 Å². The predicted octanol–water partition coefficient (Wildman–Crippen LogP) is 3.71. The van der Waals surface area contributed by atoms with Gasteiger partial charge in [0.05, 0.1) is 0 Å². The molecule has 1 nitrogen and oxygen atoms in total. The van der Waals surface area contributed by atoms with E-state index in [0.29, 0.717) is 6.04 Å². The minimum atomic E-state index is 0.502. The molecule has 0 aromatic heterocycles. The maximum Gasteiger partial charge on any atom is 0.0365 e. The lowest BCUT2D eigenvalue weighted by molar-refractivity contribution is 0.389. The van der Waals surface area contributed by atoms with Crippen LogP contribution in [-0.4, -0.2) is 10.9 Å². The van der Waals surface area contributed by atoms with Gasteiger partial charge in [-0.05, 0) is 32.4 Å². The van der Waals surface area contributed by atoms with Crippen molar-refractivity contribution in [3.63, 3.8) is 0 Å². The second-order valence-electron chi connectivity index (χ2n) is 3.14. The van der Waals surface area contributed by atoms with Gasteiger partial charge in [-0.2, -0.15) is 0 Å². The van der Waals surface area contributed by atoms with Gasteiger partial charge in [0.25, 0.3) is 0 Å². The molecule has 0 bridgehead atoms. The first-order valence-electron chi connectivity index (χ1n) is 4.95. The van der Waals surface area contributed by atoms with Crippen molar-refractivity contribution < 1.29 is 0 Å². The van der Waals surface area contributed by atoms with E-state index >= 15 is 0 Å². The molecule has 1 aliphatic heterocycles. The molecule has 0 amide bonds. The Bertz CT molecular complexity index is 221. The van der Waals surface area contributed by atoms with Crippen LogP contribution >= 0.6 is 0 Å². The summed E-state index contributed by atoms with van der Waals surface area (Å²) in [6.45, 7) is 14.4. The van der Waals surface area contributed by atoms with E-state index in [-0.39, 0.29) is 0 Å². The Morgan fingerprint density at radius 1 is 1.31 bits per heavy atom. The van der Waals surface area contributed by atoms with Gasteiger partial charge in [0.15, 0.2) is 0 Å². The molecule has 0 fully saturated rings. The molecule has 1 heteroatoms. The van der Waals surface area contributed by atoms with Gasteiger partial charge in [-0.1, -0.05) is 26.5 Å². The number of hydrogen-bond donors (Lipinski definition) is 0. The third-order valence-electron chi connectivity index (χ3n) is 1.92. The van der Waals surface area contributed by atoms with Gasteiger partial charge in [-0.25, -0.2) is 0 Å². The van der Waals surface area contributed by atoms with Crippen molar-refractivity contribution in [3.8, 4) is 0 Å². The lowest BCUT2D eigenvalue weighted by atomic mass is 10.1. The third kappa shape index (κ3) is 3.10. The summed E-state index contributed by atoms with van der Waals surface area (Å²) in [6, 6.07) is 0.502. The Labute approximate surface area is 82.4 Å². The normalized spacial score (nSPS) is 15.4. The SMILES string of the molecule is C=C1C(C)=CC=CN1C(C)C.CC. The highest BCUT2D eigenvalue weighted by Gasteiger charge is 2.11. The highest BCUT2D eigenvalue weighted by Crippen LogP contribution is 2.20. The molecule has 0 radical (unpaired) electrons. The van der Waals surface area contributed by atoms with Gasteiger partial charge in [-0.3, -0.25) is 0 Å². The van der Waals surface area contributed by atoms with Crippen LogP contribution in [0.5, 0.6) is 0 Å². The molecule has 1 aliphatic rings. The zero-order valence-corrected chi connectivity index (χ0v) is 9.46. The van der Waals surface area contributed by atoms with Crippen LogP contribution in [0.2, 0.25) is 0 Å². The molecule has 1 heterocycles. The van der Waals surface area contributed by atoms with Crippen LogP contribution in [0.1, 0.15) is 34.6 Å². The molecule has 0 aliphatic carbocycles. The first-order chi connectivity index (χ1) is 6.13. The molecule has 1 rings (SSSR count). The van der Waals surface area contributed by atoms with Crippen LogP contribution < -0.4 is 0 Å². The van der Waals surface area contributed by atoms with Crippen LogP contribution in [-0.2, 0) is 0 Å². The summed E-state index contributed by atoms with van der Waals surface area (Å²) in [5.74, 6) is 0. The molecule has 0 saturated carbocycles. The fourth-order valence-corrected chi connectivity index (χ4v) is 1.15. The second kappa shape index (κ2) is 5.63. The van der Waals surface area contributed by atoms with E-state index in [4.69, 9.17) is 0 Å². The van der Waals surface area contributed by atoms with Crippen molar-refractivity contribution in [2.45, 2.75) is 40.7 Å². The highest BCUT2D eigenvalue weighted by atomic mass is 15.1. The maximum atomic E-state index is 4.00.